The molecule has 1 N–H and O–H groups in total. The first-order chi connectivity index (χ1) is 6.88. The topological polar surface area (TPSA) is 25.2 Å². The van der Waals surface area contributed by atoms with Gasteiger partial charge in [-0.05, 0) is 11.8 Å². The van der Waals surface area contributed by atoms with Crippen LogP contribution in [-0.4, -0.2) is 6.54 Å². The third-order valence-electron chi connectivity index (χ3n) is 2.39. The fraction of sp³-hybridized carbons (Fsp3) is 0.692. The summed E-state index contributed by atoms with van der Waals surface area (Å²) in [6.07, 6.45) is 2.97. The smallest absolute Gasteiger partial charge is 0.114 e. The highest BCUT2D eigenvalue weighted by Gasteiger charge is 2.10. The summed E-state index contributed by atoms with van der Waals surface area (Å²) in [6, 6.07) is 2.09. The van der Waals surface area contributed by atoms with Crippen molar-refractivity contribution in [2.45, 2.75) is 47.0 Å². The molecule has 0 spiro atoms. The van der Waals surface area contributed by atoms with E-state index >= 15 is 0 Å². The number of nitrogens with one attached hydrogen (secondary N) is 1. The van der Waals surface area contributed by atoms with Gasteiger partial charge in [-0.3, -0.25) is 0 Å². The first kappa shape index (κ1) is 12.2. The summed E-state index contributed by atoms with van der Waals surface area (Å²) < 4.78 is 5.45. The van der Waals surface area contributed by atoms with E-state index in [-0.39, 0.29) is 0 Å². The molecule has 15 heavy (non-hydrogen) atoms. The Morgan fingerprint density at radius 3 is 2.47 bits per heavy atom. The van der Waals surface area contributed by atoms with Gasteiger partial charge in [0, 0.05) is 18.5 Å². The predicted octanol–water partition coefficient (Wildman–Crippen LogP) is 4.25. The van der Waals surface area contributed by atoms with E-state index in [0.717, 1.165) is 24.4 Å². The van der Waals surface area contributed by atoms with Crippen LogP contribution in [0, 0.1) is 5.41 Å². The van der Waals surface area contributed by atoms with Gasteiger partial charge in [0.1, 0.15) is 12.0 Å². The number of rotatable bonds is 4. The van der Waals surface area contributed by atoms with Gasteiger partial charge in [-0.15, -0.1) is 0 Å². The van der Waals surface area contributed by atoms with Crippen LogP contribution in [0.2, 0.25) is 0 Å². The maximum absolute atomic E-state index is 5.45. The second-order valence-electron chi connectivity index (χ2n) is 5.63. The van der Waals surface area contributed by atoms with Crippen molar-refractivity contribution < 1.29 is 4.42 Å². The van der Waals surface area contributed by atoms with Crippen LogP contribution in [0.1, 0.15) is 52.7 Å². The first-order valence-electron chi connectivity index (χ1n) is 5.71. The molecule has 0 saturated carbocycles. The van der Waals surface area contributed by atoms with Crippen LogP contribution in [0.25, 0.3) is 0 Å². The normalized spacial score (nSPS) is 12.1. The van der Waals surface area contributed by atoms with Gasteiger partial charge in [-0.2, -0.15) is 0 Å². The van der Waals surface area contributed by atoms with E-state index in [9.17, 15) is 0 Å². The minimum absolute atomic E-state index is 0.387. The van der Waals surface area contributed by atoms with E-state index in [2.05, 4.69) is 46.0 Å². The Kier molecular flexibility index (Phi) is 3.83. The molecule has 0 aliphatic carbocycles. The molecule has 0 aliphatic heterocycles. The Hall–Kier alpha value is -0.920. The van der Waals surface area contributed by atoms with Crippen LogP contribution in [0.4, 0.5) is 5.69 Å². The lowest BCUT2D eigenvalue weighted by atomic mass is 9.92. The van der Waals surface area contributed by atoms with Crippen molar-refractivity contribution in [3.8, 4) is 0 Å². The molecular formula is C13H23NO. The van der Waals surface area contributed by atoms with Crippen LogP contribution < -0.4 is 5.32 Å². The van der Waals surface area contributed by atoms with E-state index in [1.165, 1.54) is 0 Å². The predicted molar refractivity (Wildman–Crippen MR) is 65.4 cm³/mol. The lowest BCUT2D eigenvalue weighted by Gasteiger charge is -2.17. The van der Waals surface area contributed by atoms with Crippen LogP contribution in [-0.2, 0) is 0 Å². The van der Waals surface area contributed by atoms with Crippen molar-refractivity contribution in [3.63, 3.8) is 0 Å². The van der Waals surface area contributed by atoms with Crippen LogP contribution >= 0.6 is 0 Å². The molecule has 0 fully saturated rings. The number of anilines is 1. The average Bonchev–Trinajstić information content (AvgIpc) is 2.50. The lowest BCUT2D eigenvalue weighted by Crippen LogP contribution is -2.12. The molecule has 0 amide bonds. The summed E-state index contributed by atoms with van der Waals surface area (Å²) >= 11 is 0. The molecule has 1 aromatic rings. The van der Waals surface area contributed by atoms with Crippen LogP contribution in [0.5, 0.6) is 0 Å². The maximum Gasteiger partial charge on any atom is 0.114 e. The van der Waals surface area contributed by atoms with Gasteiger partial charge in [-0.25, -0.2) is 0 Å². The third-order valence-corrected chi connectivity index (χ3v) is 2.39. The lowest BCUT2D eigenvalue weighted by molar-refractivity contribution is 0.389. The third kappa shape index (κ3) is 4.41. The second-order valence-corrected chi connectivity index (χ2v) is 5.63. The Balaban J connectivity index is 2.38. The summed E-state index contributed by atoms with van der Waals surface area (Å²) in [7, 11) is 0. The maximum atomic E-state index is 5.45. The minimum atomic E-state index is 0.387. The van der Waals surface area contributed by atoms with Crippen LogP contribution in [0.15, 0.2) is 16.7 Å². The fourth-order valence-corrected chi connectivity index (χ4v) is 1.33. The molecule has 0 aromatic carbocycles. The van der Waals surface area contributed by atoms with Gasteiger partial charge in [0.2, 0.25) is 0 Å². The van der Waals surface area contributed by atoms with E-state index in [0.29, 0.717) is 11.3 Å². The Labute approximate surface area is 93.1 Å². The van der Waals surface area contributed by atoms with E-state index in [1.54, 1.807) is 6.26 Å². The molecule has 0 bridgehead atoms. The standard InChI is InChI=1S/C13H23NO/c1-10(2)12-8-11(9-15-12)14-7-6-13(3,4)5/h8-10,14H,6-7H2,1-5H3. The Morgan fingerprint density at radius 1 is 1.33 bits per heavy atom. The molecule has 1 aromatic heterocycles. The van der Waals surface area contributed by atoms with Crippen molar-refractivity contribution >= 4 is 5.69 Å². The molecule has 86 valence electrons. The number of hydrogen-bond acceptors (Lipinski definition) is 2. The summed E-state index contributed by atoms with van der Waals surface area (Å²) in [6.45, 7) is 12.0. The number of furan rings is 1. The summed E-state index contributed by atoms with van der Waals surface area (Å²) in [5.41, 5.74) is 1.49. The van der Waals surface area contributed by atoms with Crippen molar-refractivity contribution in [1.29, 1.82) is 0 Å². The zero-order valence-electron chi connectivity index (χ0n) is 10.6. The zero-order chi connectivity index (χ0) is 11.5. The summed E-state index contributed by atoms with van der Waals surface area (Å²) in [4.78, 5) is 0. The molecule has 0 radical (unpaired) electrons. The molecule has 0 unspecified atom stereocenters. The van der Waals surface area contributed by atoms with Crippen molar-refractivity contribution in [2.24, 2.45) is 5.41 Å². The van der Waals surface area contributed by atoms with Gasteiger partial charge in [-0.1, -0.05) is 34.6 Å². The minimum Gasteiger partial charge on any atom is -0.467 e. The first-order valence-corrected chi connectivity index (χ1v) is 5.71. The summed E-state index contributed by atoms with van der Waals surface area (Å²) in [5, 5.41) is 3.38. The Bertz CT molecular complexity index is 294. The Morgan fingerprint density at radius 2 is 2.00 bits per heavy atom. The van der Waals surface area contributed by atoms with Crippen LogP contribution in [0.3, 0.4) is 0 Å². The van der Waals surface area contributed by atoms with Crippen molar-refractivity contribution in [1.82, 2.24) is 0 Å². The second kappa shape index (κ2) is 4.73. The van der Waals surface area contributed by atoms with E-state index < -0.39 is 0 Å². The molecule has 0 atom stereocenters. The largest absolute Gasteiger partial charge is 0.467 e. The van der Waals surface area contributed by atoms with Gasteiger partial charge in [0.05, 0.1) is 5.69 Å². The average molecular weight is 209 g/mol. The van der Waals surface area contributed by atoms with Crippen molar-refractivity contribution in [3.05, 3.63) is 18.1 Å². The van der Waals surface area contributed by atoms with Crippen molar-refractivity contribution in [2.75, 3.05) is 11.9 Å². The van der Waals surface area contributed by atoms with E-state index in [4.69, 9.17) is 4.42 Å². The highest BCUT2D eigenvalue weighted by atomic mass is 16.3. The molecule has 1 heterocycles. The highest BCUT2D eigenvalue weighted by molar-refractivity contribution is 5.41. The fourth-order valence-electron chi connectivity index (χ4n) is 1.33. The van der Waals surface area contributed by atoms with E-state index in [1.807, 2.05) is 0 Å². The van der Waals surface area contributed by atoms with Gasteiger partial charge in [0.15, 0.2) is 0 Å². The molecule has 2 heteroatoms. The molecular weight excluding hydrogens is 186 g/mol. The van der Waals surface area contributed by atoms with Gasteiger partial charge >= 0.3 is 0 Å². The van der Waals surface area contributed by atoms with Gasteiger partial charge < -0.3 is 9.73 Å². The molecule has 2 nitrogen and oxygen atoms in total. The zero-order valence-corrected chi connectivity index (χ0v) is 10.6. The molecule has 1 rings (SSSR count). The van der Waals surface area contributed by atoms with Gasteiger partial charge in [0.25, 0.3) is 0 Å². The summed E-state index contributed by atoms with van der Waals surface area (Å²) in [5.74, 6) is 1.51. The monoisotopic (exact) mass is 209 g/mol. The SMILES string of the molecule is CC(C)c1cc(NCCC(C)(C)C)co1. The molecule has 0 aliphatic rings. The quantitative estimate of drug-likeness (QED) is 0.802. The highest BCUT2D eigenvalue weighted by Crippen LogP contribution is 2.22. The molecule has 0 saturated heterocycles. The number of hydrogen-bond donors (Lipinski definition) is 1.